The Morgan fingerprint density at radius 3 is 2.56 bits per heavy atom. The number of aromatic hydroxyl groups is 1. The van der Waals surface area contributed by atoms with E-state index in [1.807, 2.05) is 18.2 Å². The minimum absolute atomic E-state index is 0.272. The van der Waals surface area contributed by atoms with Crippen LogP contribution in [0, 0.1) is 11.3 Å². The molecule has 0 radical (unpaired) electrons. The third-order valence-corrected chi connectivity index (χ3v) is 5.96. The first-order chi connectivity index (χ1) is 12.0. The standard InChI is InChI=1S/C20H22N2OS2/c1-14(2)12-22(13-15-7-9-17(23)10-8-15)20(21)25-19-11-16-5-3-4-6-18(16)24-19/h3-11,14,21,23H,12-13H2,1-2H3. The molecular formula is C20H22N2OS2. The average molecular weight is 371 g/mol. The summed E-state index contributed by atoms with van der Waals surface area (Å²) >= 11 is 3.25. The van der Waals surface area contributed by atoms with Gasteiger partial charge in [0.25, 0.3) is 0 Å². The number of benzene rings is 2. The second-order valence-electron chi connectivity index (χ2n) is 6.45. The van der Waals surface area contributed by atoms with Crippen LogP contribution in [-0.2, 0) is 6.54 Å². The molecular weight excluding hydrogens is 348 g/mol. The van der Waals surface area contributed by atoms with Crippen LogP contribution in [0.15, 0.2) is 58.8 Å². The molecule has 0 aliphatic heterocycles. The Morgan fingerprint density at radius 1 is 1.16 bits per heavy atom. The molecule has 3 aromatic rings. The van der Waals surface area contributed by atoms with Gasteiger partial charge in [0.2, 0.25) is 0 Å². The molecule has 1 heterocycles. The van der Waals surface area contributed by atoms with Crippen molar-refractivity contribution in [3.05, 3.63) is 60.2 Å². The van der Waals surface area contributed by atoms with Gasteiger partial charge in [-0.2, -0.15) is 0 Å². The van der Waals surface area contributed by atoms with E-state index in [-0.39, 0.29) is 5.75 Å². The molecule has 0 saturated carbocycles. The lowest BCUT2D eigenvalue weighted by Gasteiger charge is -2.26. The smallest absolute Gasteiger partial charge is 0.162 e. The van der Waals surface area contributed by atoms with Gasteiger partial charge >= 0.3 is 0 Å². The lowest BCUT2D eigenvalue weighted by molar-refractivity contribution is 0.364. The number of thiophene rings is 1. The monoisotopic (exact) mass is 370 g/mol. The topological polar surface area (TPSA) is 47.3 Å². The van der Waals surface area contributed by atoms with E-state index in [4.69, 9.17) is 5.41 Å². The Labute approximate surface area is 156 Å². The number of phenolic OH excluding ortho intramolecular Hbond substituents is 1. The van der Waals surface area contributed by atoms with Crippen LogP contribution < -0.4 is 0 Å². The molecule has 0 amide bonds. The van der Waals surface area contributed by atoms with Gasteiger partial charge in [0, 0.05) is 17.8 Å². The number of fused-ring (bicyclic) bond motifs is 1. The number of amidine groups is 1. The molecule has 0 aliphatic rings. The highest BCUT2D eigenvalue weighted by Gasteiger charge is 2.15. The fourth-order valence-electron chi connectivity index (χ4n) is 2.65. The van der Waals surface area contributed by atoms with E-state index in [9.17, 15) is 5.11 Å². The minimum Gasteiger partial charge on any atom is -0.508 e. The van der Waals surface area contributed by atoms with Gasteiger partial charge in [-0.15, -0.1) is 11.3 Å². The summed E-state index contributed by atoms with van der Waals surface area (Å²) in [6.07, 6.45) is 0. The van der Waals surface area contributed by atoms with Crippen LogP contribution in [0.4, 0.5) is 0 Å². The second kappa shape index (κ2) is 7.93. The Morgan fingerprint density at radius 2 is 1.88 bits per heavy atom. The molecule has 0 atom stereocenters. The SMILES string of the molecule is CC(C)CN(Cc1ccc(O)cc1)C(=N)Sc1cc2ccccc2s1. The fourth-order valence-corrected chi connectivity index (χ4v) is 4.76. The van der Waals surface area contributed by atoms with Crippen molar-refractivity contribution in [1.29, 1.82) is 5.41 Å². The van der Waals surface area contributed by atoms with Gasteiger partial charge in [-0.25, -0.2) is 0 Å². The van der Waals surface area contributed by atoms with Crippen molar-refractivity contribution in [2.24, 2.45) is 5.92 Å². The molecule has 2 N–H and O–H groups in total. The Kier molecular flexibility index (Phi) is 5.66. The van der Waals surface area contributed by atoms with Gasteiger partial charge < -0.3 is 10.0 Å². The van der Waals surface area contributed by atoms with E-state index in [2.05, 4.69) is 43.0 Å². The second-order valence-corrected chi connectivity index (χ2v) is 8.82. The molecule has 3 nitrogen and oxygen atoms in total. The molecule has 0 saturated heterocycles. The summed E-state index contributed by atoms with van der Waals surface area (Å²) in [5.74, 6) is 0.745. The number of nitrogens with zero attached hydrogens (tertiary/aromatic N) is 1. The highest BCUT2D eigenvalue weighted by atomic mass is 32.2. The molecule has 130 valence electrons. The zero-order valence-corrected chi connectivity index (χ0v) is 16.0. The van der Waals surface area contributed by atoms with Crippen molar-refractivity contribution in [3.8, 4) is 5.75 Å². The Balaban J connectivity index is 1.74. The van der Waals surface area contributed by atoms with Crippen molar-refractivity contribution in [1.82, 2.24) is 4.90 Å². The molecule has 0 bridgehead atoms. The van der Waals surface area contributed by atoms with Crippen molar-refractivity contribution < 1.29 is 5.11 Å². The van der Waals surface area contributed by atoms with Gasteiger partial charge in [0.05, 0.1) is 4.21 Å². The lowest BCUT2D eigenvalue weighted by atomic mass is 10.1. The van der Waals surface area contributed by atoms with Gasteiger partial charge in [0.1, 0.15) is 5.75 Å². The van der Waals surface area contributed by atoms with E-state index in [1.165, 1.54) is 21.8 Å². The normalized spacial score (nSPS) is 11.2. The highest BCUT2D eigenvalue weighted by Crippen LogP contribution is 2.34. The van der Waals surface area contributed by atoms with Crippen molar-refractivity contribution >= 4 is 38.4 Å². The molecule has 0 aliphatic carbocycles. The average Bonchev–Trinajstić information content (AvgIpc) is 2.98. The summed E-state index contributed by atoms with van der Waals surface area (Å²) in [6.45, 7) is 5.84. The van der Waals surface area contributed by atoms with Gasteiger partial charge in [-0.05, 0) is 52.9 Å². The largest absolute Gasteiger partial charge is 0.508 e. The Hall–Kier alpha value is -1.98. The number of phenols is 1. The third kappa shape index (κ3) is 4.77. The maximum Gasteiger partial charge on any atom is 0.162 e. The van der Waals surface area contributed by atoms with Gasteiger partial charge in [-0.3, -0.25) is 5.41 Å². The van der Waals surface area contributed by atoms with E-state index >= 15 is 0 Å². The molecule has 3 rings (SSSR count). The quantitative estimate of drug-likeness (QED) is 0.339. The van der Waals surface area contributed by atoms with Crippen LogP contribution in [0.5, 0.6) is 5.75 Å². The van der Waals surface area contributed by atoms with Crippen LogP contribution in [-0.4, -0.2) is 21.7 Å². The number of hydrogen-bond donors (Lipinski definition) is 2. The molecule has 25 heavy (non-hydrogen) atoms. The maximum atomic E-state index is 9.45. The summed E-state index contributed by atoms with van der Waals surface area (Å²) < 4.78 is 2.40. The van der Waals surface area contributed by atoms with Crippen molar-refractivity contribution in [3.63, 3.8) is 0 Å². The van der Waals surface area contributed by atoms with E-state index in [0.717, 1.165) is 16.3 Å². The first-order valence-electron chi connectivity index (χ1n) is 8.29. The number of thioether (sulfide) groups is 1. The van der Waals surface area contributed by atoms with Gasteiger partial charge in [-0.1, -0.05) is 44.2 Å². The fraction of sp³-hybridized carbons (Fsp3) is 0.250. The summed E-state index contributed by atoms with van der Waals surface area (Å²) in [6, 6.07) is 17.7. The molecule has 0 fully saturated rings. The van der Waals surface area contributed by atoms with Crippen LogP contribution in [0.3, 0.4) is 0 Å². The zero-order chi connectivity index (χ0) is 17.8. The van der Waals surface area contributed by atoms with Crippen LogP contribution >= 0.6 is 23.1 Å². The predicted molar refractivity (Wildman–Crippen MR) is 109 cm³/mol. The molecule has 1 aromatic heterocycles. The Bertz CT molecular complexity index is 823. The predicted octanol–water partition coefficient (Wildman–Crippen LogP) is 5.79. The summed E-state index contributed by atoms with van der Waals surface area (Å²) in [4.78, 5) is 2.10. The lowest BCUT2D eigenvalue weighted by Crippen LogP contribution is -2.31. The number of hydrogen-bond acceptors (Lipinski definition) is 4. The molecule has 0 spiro atoms. The summed E-state index contributed by atoms with van der Waals surface area (Å²) in [5.41, 5.74) is 1.10. The molecule has 0 unspecified atom stereocenters. The summed E-state index contributed by atoms with van der Waals surface area (Å²) in [5, 5.41) is 19.8. The number of nitrogens with one attached hydrogen (secondary N) is 1. The maximum absolute atomic E-state index is 9.45. The first kappa shape index (κ1) is 17.8. The van der Waals surface area contributed by atoms with E-state index in [1.54, 1.807) is 23.5 Å². The highest BCUT2D eigenvalue weighted by molar-refractivity contribution is 8.15. The van der Waals surface area contributed by atoms with Crippen LogP contribution in [0.2, 0.25) is 0 Å². The zero-order valence-electron chi connectivity index (χ0n) is 14.4. The van der Waals surface area contributed by atoms with Crippen LogP contribution in [0.25, 0.3) is 10.1 Å². The minimum atomic E-state index is 0.272. The summed E-state index contributed by atoms with van der Waals surface area (Å²) in [7, 11) is 0. The molecule has 2 aromatic carbocycles. The first-order valence-corrected chi connectivity index (χ1v) is 9.92. The van der Waals surface area contributed by atoms with Gasteiger partial charge in [0.15, 0.2) is 5.17 Å². The van der Waals surface area contributed by atoms with E-state index in [0.29, 0.717) is 17.6 Å². The van der Waals surface area contributed by atoms with Crippen molar-refractivity contribution in [2.75, 3.05) is 6.54 Å². The van der Waals surface area contributed by atoms with E-state index < -0.39 is 0 Å². The number of rotatable bonds is 5. The molecule has 5 heteroatoms. The van der Waals surface area contributed by atoms with Crippen molar-refractivity contribution in [2.45, 2.75) is 24.6 Å². The third-order valence-electron chi connectivity index (χ3n) is 3.78. The van der Waals surface area contributed by atoms with Crippen LogP contribution in [0.1, 0.15) is 19.4 Å².